The van der Waals surface area contributed by atoms with Gasteiger partial charge in [0.25, 0.3) is 0 Å². The molecule has 4 N–H and O–H groups in total. The maximum absolute atomic E-state index is 11.5. The van der Waals surface area contributed by atoms with Crippen LogP contribution >= 0.6 is 0 Å². The molecule has 1 amide bonds. The number of carbonyl (C=O) groups is 1. The molecule has 136 valence electrons. The zero-order valence-electron chi connectivity index (χ0n) is 15.3. The van der Waals surface area contributed by atoms with Gasteiger partial charge in [-0.1, -0.05) is 20.8 Å². The molecule has 0 aromatic carbocycles. The Labute approximate surface area is 147 Å². The minimum absolute atomic E-state index is 0.200. The van der Waals surface area contributed by atoms with Gasteiger partial charge >= 0.3 is 6.09 Å². The zero-order chi connectivity index (χ0) is 18.2. The van der Waals surface area contributed by atoms with E-state index in [1.807, 2.05) is 6.07 Å². The lowest BCUT2D eigenvalue weighted by Gasteiger charge is -2.33. The molecule has 2 aromatic rings. The van der Waals surface area contributed by atoms with Crippen molar-refractivity contribution in [3.63, 3.8) is 0 Å². The molecule has 2 atom stereocenters. The summed E-state index contributed by atoms with van der Waals surface area (Å²) in [5.74, 6) is 0.660. The summed E-state index contributed by atoms with van der Waals surface area (Å²) in [6.07, 6.45) is 5.37. The highest BCUT2D eigenvalue weighted by Gasteiger charge is 2.40. The predicted molar refractivity (Wildman–Crippen MR) is 98.7 cm³/mol. The Kier molecular flexibility index (Phi) is 4.60. The molecular formula is C18H27N5O2. The van der Waals surface area contributed by atoms with E-state index in [0.717, 1.165) is 23.2 Å². The topological polar surface area (TPSA) is 93.7 Å². The third kappa shape index (κ3) is 3.16. The average molecular weight is 345 g/mol. The largest absolute Gasteiger partial charge is 0.453 e. The van der Waals surface area contributed by atoms with Gasteiger partial charge in [-0.25, -0.2) is 9.31 Å². The molecule has 3 rings (SSSR count). The molecule has 1 saturated carbocycles. The van der Waals surface area contributed by atoms with Crippen molar-refractivity contribution in [2.75, 3.05) is 17.7 Å². The van der Waals surface area contributed by atoms with E-state index in [1.54, 1.807) is 16.9 Å². The number of ether oxygens (including phenoxy) is 1. The van der Waals surface area contributed by atoms with Crippen molar-refractivity contribution in [2.45, 2.75) is 46.2 Å². The Hall–Kier alpha value is -2.28. The van der Waals surface area contributed by atoms with E-state index in [1.165, 1.54) is 13.5 Å². The van der Waals surface area contributed by atoms with Crippen LogP contribution in [0.3, 0.4) is 0 Å². The van der Waals surface area contributed by atoms with Gasteiger partial charge in [0.05, 0.1) is 36.4 Å². The fraction of sp³-hybridized carbons (Fsp3) is 0.556. The smallest absolute Gasteiger partial charge is 0.411 e. The van der Waals surface area contributed by atoms with Crippen LogP contribution in [0.1, 0.15) is 39.2 Å². The molecule has 1 fully saturated rings. The Balaban J connectivity index is 1.98. The summed E-state index contributed by atoms with van der Waals surface area (Å²) in [6, 6.07) is 2.25. The van der Waals surface area contributed by atoms with Gasteiger partial charge in [0, 0.05) is 18.2 Å². The molecule has 2 unspecified atom stereocenters. The number of rotatable bonds is 4. The van der Waals surface area contributed by atoms with E-state index >= 15 is 0 Å². The summed E-state index contributed by atoms with van der Waals surface area (Å²) in [7, 11) is 1.34. The van der Waals surface area contributed by atoms with Crippen LogP contribution in [-0.4, -0.2) is 28.9 Å². The van der Waals surface area contributed by atoms with Crippen molar-refractivity contribution < 1.29 is 9.53 Å². The van der Waals surface area contributed by atoms with Crippen LogP contribution in [0.4, 0.5) is 16.2 Å². The standard InChI is InChI=1S/C18H27N5O2/c1-11-5-6-15(18(11,2)3)22-16-12(8-19)9-20-23-10-13(7-14(16)23)21-17(24)25-4/h7,9-11,15,22H,5-6,8,19H2,1-4H3,(H,21,24). The van der Waals surface area contributed by atoms with E-state index in [-0.39, 0.29) is 5.41 Å². The SMILES string of the molecule is COC(=O)Nc1cc2c(NC3CCC(C)C3(C)C)c(CN)cnn2c1. The van der Waals surface area contributed by atoms with Crippen LogP contribution in [-0.2, 0) is 11.3 Å². The van der Waals surface area contributed by atoms with Gasteiger partial charge in [-0.3, -0.25) is 5.32 Å². The molecular weight excluding hydrogens is 318 g/mol. The maximum atomic E-state index is 11.5. The van der Waals surface area contributed by atoms with Crippen molar-refractivity contribution >= 4 is 23.0 Å². The number of methoxy groups -OCH3 is 1. The number of aromatic nitrogens is 2. The van der Waals surface area contributed by atoms with Gasteiger partial charge in [-0.2, -0.15) is 5.10 Å². The molecule has 1 aliphatic carbocycles. The number of nitrogens with zero attached hydrogens (tertiary/aromatic N) is 2. The summed E-state index contributed by atoms with van der Waals surface area (Å²) in [4.78, 5) is 11.5. The minimum atomic E-state index is -0.504. The second-order valence-corrected chi connectivity index (χ2v) is 7.42. The lowest BCUT2D eigenvalue weighted by Crippen LogP contribution is -2.34. The van der Waals surface area contributed by atoms with E-state index in [2.05, 4.69) is 41.2 Å². The van der Waals surface area contributed by atoms with Crippen LogP contribution in [0.2, 0.25) is 0 Å². The molecule has 7 nitrogen and oxygen atoms in total. The molecule has 0 radical (unpaired) electrons. The number of carbonyl (C=O) groups excluding carboxylic acids is 1. The minimum Gasteiger partial charge on any atom is -0.453 e. The third-order valence-corrected chi connectivity index (χ3v) is 5.74. The first-order valence-electron chi connectivity index (χ1n) is 8.68. The molecule has 2 heterocycles. The van der Waals surface area contributed by atoms with E-state index < -0.39 is 6.09 Å². The van der Waals surface area contributed by atoms with Crippen molar-refractivity contribution in [1.29, 1.82) is 0 Å². The average Bonchev–Trinajstić information content (AvgIpc) is 3.10. The van der Waals surface area contributed by atoms with Crippen LogP contribution in [0.25, 0.3) is 5.52 Å². The molecule has 0 saturated heterocycles. The van der Waals surface area contributed by atoms with Crippen LogP contribution in [0.5, 0.6) is 0 Å². The number of hydrogen-bond donors (Lipinski definition) is 3. The number of amides is 1. The Bertz CT molecular complexity index is 783. The Morgan fingerprint density at radius 2 is 2.24 bits per heavy atom. The number of nitrogens with one attached hydrogen (secondary N) is 2. The first-order chi connectivity index (χ1) is 11.9. The molecule has 0 aliphatic heterocycles. The van der Waals surface area contributed by atoms with Crippen molar-refractivity contribution in [3.05, 3.63) is 24.0 Å². The fourth-order valence-electron chi connectivity index (χ4n) is 3.59. The van der Waals surface area contributed by atoms with E-state index in [4.69, 9.17) is 5.73 Å². The number of nitrogens with two attached hydrogens (primary N) is 1. The van der Waals surface area contributed by atoms with Gasteiger partial charge < -0.3 is 15.8 Å². The molecule has 25 heavy (non-hydrogen) atoms. The van der Waals surface area contributed by atoms with Crippen molar-refractivity contribution in [1.82, 2.24) is 9.61 Å². The number of anilines is 2. The third-order valence-electron chi connectivity index (χ3n) is 5.74. The monoisotopic (exact) mass is 345 g/mol. The molecule has 2 aromatic heterocycles. The lowest BCUT2D eigenvalue weighted by atomic mass is 9.80. The summed E-state index contributed by atoms with van der Waals surface area (Å²) in [5.41, 5.74) is 9.62. The highest BCUT2D eigenvalue weighted by molar-refractivity contribution is 5.88. The predicted octanol–water partition coefficient (Wildman–Crippen LogP) is 3.21. The Morgan fingerprint density at radius 1 is 1.48 bits per heavy atom. The first kappa shape index (κ1) is 17.5. The summed E-state index contributed by atoms with van der Waals surface area (Å²) in [5, 5.41) is 10.8. The van der Waals surface area contributed by atoms with Crippen LogP contribution in [0, 0.1) is 11.3 Å². The highest BCUT2D eigenvalue weighted by atomic mass is 16.5. The quantitative estimate of drug-likeness (QED) is 0.791. The molecule has 0 bridgehead atoms. The van der Waals surface area contributed by atoms with Gasteiger partial charge in [0.1, 0.15) is 0 Å². The van der Waals surface area contributed by atoms with Gasteiger partial charge in [0.15, 0.2) is 0 Å². The normalized spacial score (nSPS) is 22.1. The molecule has 0 spiro atoms. The van der Waals surface area contributed by atoms with E-state index in [0.29, 0.717) is 24.2 Å². The van der Waals surface area contributed by atoms with Gasteiger partial charge in [-0.05, 0) is 30.2 Å². The summed E-state index contributed by atoms with van der Waals surface area (Å²) >= 11 is 0. The molecule has 1 aliphatic rings. The number of fused-ring (bicyclic) bond motifs is 1. The first-order valence-corrected chi connectivity index (χ1v) is 8.68. The summed E-state index contributed by atoms with van der Waals surface area (Å²) in [6.45, 7) is 7.33. The fourth-order valence-corrected chi connectivity index (χ4v) is 3.59. The molecule has 7 heteroatoms. The van der Waals surface area contributed by atoms with Crippen LogP contribution in [0.15, 0.2) is 18.5 Å². The Morgan fingerprint density at radius 3 is 2.84 bits per heavy atom. The van der Waals surface area contributed by atoms with Gasteiger partial charge in [0.2, 0.25) is 0 Å². The number of hydrogen-bond acceptors (Lipinski definition) is 5. The van der Waals surface area contributed by atoms with Gasteiger partial charge in [-0.15, -0.1) is 0 Å². The van der Waals surface area contributed by atoms with E-state index in [9.17, 15) is 4.79 Å². The second kappa shape index (κ2) is 6.55. The van der Waals surface area contributed by atoms with Crippen molar-refractivity contribution in [2.24, 2.45) is 17.1 Å². The van der Waals surface area contributed by atoms with Crippen molar-refractivity contribution in [3.8, 4) is 0 Å². The lowest BCUT2D eigenvalue weighted by molar-refractivity contribution is 0.187. The summed E-state index contributed by atoms with van der Waals surface area (Å²) < 4.78 is 6.40. The zero-order valence-corrected chi connectivity index (χ0v) is 15.3. The van der Waals surface area contributed by atoms with Crippen LogP contribution < -0.4 is 16.4 Å². The highest BCUT2D eigenvalue weighted by Crippen LogP contribution is 2.44. The maximum Gasteiger partial charge on any atom is 0.411 e. The second-order valence-electron chi connectivity index (χ2n) is 7.42.